The van der Waals surface area contributed by atoms with Gasteiger partial charge in [-0.05, 0) is 37.5 Å². The smallest absolute Gasteiger partial charge is 0.181 e. The van der Waals surface area contributed by atoms with Crippen LogP contribution in [0.4, 0.5) is 0 Å². The molecule has 2 aromatic heterocycles. The molecule has 0 N–H and O–H groups in total. The van der Waals surface area contributed by atoms with Crippen LogP contribution in [-0.2, 0) is 12.8 Å². The monoisotopic (exact) mass is 362 g/mol. The number of nitrogens with zero attached hydrogens (tertiary/aromatic N) is 4. The quantitative estimate of drug-likeness (QED) is 0.551. The fourth-order valence-electron chi connectivity index (χ4n) is 2.92. The summed E-state index contributed by atoms with van der Waals surface area (Å²) in [5, 5.41) is 14.5. The number of halogens is 2. The lowest BCUT2D eigenvalue weighted by Gasteiger charge is -2.06. The van der Waals surface area contributed by atoms with Gasteiger partial charge in [0.15, 0.2) is 5.65 Å². The zero-order valence-corrected chi connectivity index (χ0v) is 15.4. The van der Waals surface area contributed by atoms with Gasteiger partial charge in [0.05, 0.1) is 22.6 Å². The highest BCUT2D eigenvalue weighted by atomic mass is 35.5. The number of rotatable bonds is 6. The van der Waals surface area contributed by atoms with Gasteiger partial charge in [-0.25, -0.2) is 4.52 Å². The fourth-order valence-corrected chi connectivity index (χ4v) is 3.43. The van der Waals surface area contributed by atoms with Gasteiger partial charge in [-0.1, -0.05) is 49.9 Å². The van der Waals surface area contributed by atoms with Crippen LogP contribution in [0.5, 0.6) is 0 Å². The predicted molar refractivity (Wildman–Crippen MR) is 98.8 cm³/mol. The van der Waals surface area contributed by atoms with Crippen LogP contribution in [0.3, 0.4) is 0 Å². The molecule has 0 aliphatic heterocycles. The summed E-state index contributed by atoms with van der Waals surface area (Å²) in [6.07, 6.45) is 7.09. The minimum absolute atomic E-state index is 0.581. The summed E-state index contributed by atoms with van der Waals surface area (Å²) in [6.45, 7) is 4.32. The molecule has 0 spiro atoms. The Bertz CT molecular complexity index is 858. The lowest BCUT2D eigenvalue weighted by molar-refractivity contribution is 0.714. The summed E-state index contributed by atoms with van der Waals surface area (Å²) < 4.78 is 1.86. The molecule has 4 nitrogen and oxygen atoms in total. The third kappa shape index (κ3) is 3.26. The average molecular weight is 363 g/mol. The molecule has 0 fully saturated rings. The summed E-state index contributed by atoms with van der Waals surface area (Å²) >= 11 is 12.4. The van der Waals surface area contributed by atoms with Gasteiger partial charge in [0, 0.05) is 16.1 Å². The molecule has 0 atom stereocenters. The summed E-state index contributed by atoms with van der Waals surface area (Å²) in [7, 11) is 0. The van der Waals surface area contributed by atoms with Crippen molar-refractivity contribution in [3.63, 3.8) is 0 Å². The number of benzene rings is 1. The first kappa shape index (κ1) is 17.2. The number of aryl methyl sites for hydroxylation is 2. The number of hydrogen-bond acceptors (Lipinski definition) is 3. The van der Waals surface area contributed by atoms with Crippen molar-refractivity contribution >= 4 is 28.8 Å². The van der Waals surface area contributed by atoms with E-state index in [1.165, 1.54) is 18.4 Å². The van der Waals surface area contributed by atoms with Gasteiger partial charge >= 0.3 is 0 Å². The normalized spacial score (nSPS) is 11.3. The Balaban J connectivity index is 2.13. The summed E-state index contributed by atoms with van der Waals surface area (Å²) in [6, 6.07) is 5.45. The molecular formula is C18H20Cl2N4. The molecule has 0 aliphatic carbocycles. The van der Waals surface area contributed by atoms with Crippen molar-refractivity contribution in [2.45, 2.75) is 46.0 Å². The van der Waals surface area contributed by atoms with E-state index in [4.69, 9.17) is 28.3 Å². The summed E-state index contributed by atoms with van der Waals surface area (Å²) in [4.78, 5) is 0. The van der Waals surface area contributed by atoms with Crippen molar-refractivity contribution in [1.29, 1.82) is 0 Å². The van der Waals surface area contributed by atoms with E-state index in [2.05, 4.69) is 24.0 Å². The molecule has 3 aromatic rings. The van der Waals surface area contributed by atoms with Crippen molar-refractivity contribution in [2.75, 3.05) is 0 Å². The van der Waals surface area contributed by atoms with Gasteiger partial charge in [-0.3, -0.25) is 0 Å². The van der Waals surface area contributed by atoms with Crippen molar-refractivity contribution < 1.29 is 0 Å². The topological polar surface area (TPSA) is 43.1 Å². The fraction of sp³-hybridized carbons (Fsp3) is 0.389. The van der Waals surface area contributed by atoms with E-state index in [9.17, 15) is 0 Å². The maximum absolute atomic E-state index is 6.37. The third-order valence-electron chi connectivity index (χ3n) is 4.17. The molecule has 1 aromatic carbocycles. The van der Waals surface area contributed by atoms with Crippen LogP contribution < -0.4 is 0 Å². The Morgan fingerprint density at radius 3 is 2.67 bits per heavy atom. The molecule has 0 amide bonds. The van der Waals surface area contributed by atoms with Gasteiger partial charge in [0.2, 0.25) is 0 Å². The molecule has 0 saturated heterocycles. The standard InChI is InChI=1S/C18H20Cl2N4/c1-3-5-6-7-14-16(4-2)23-24-17(11-21-22-18(14)24)13-9-8-12(19)10-15(13)20/h8-11H,3-7H2,1-2H3. The van der Waals surface area contributed by atoms with E-state index < -0.39 is 0 Å². The number of hydrogen-bond donors (Lipinski definition) is 0. The number of unbranched alkanes of at least 4 members (excludes halogenated alkanes) is 2. The minimum Gasteiger partial charge on any atom is -0.211 e. The Hall–Kier alpha value is -1.65. The first-order valence-electron chi connectivity index (χ1n) is 8.33. The Labute approximate surface area is 151 Å². The van der Waals surface area contributed by atoms with Gasteiger partial charge in [-0.2, -0.15) is 10.2 Å². The van der Waals surface area contributed by atoms with E-state index in [0.717, 1.165) is 41.9 Å². The molecule has 24 heavy (non-hydrogen) atoms. The number of aromatic nitrogens is 4. The zero-order valence-electron chi connectivity index (χ0n) is 13.9. The largest absolute Gasteiger partial charge is 0.211 e. The Kier molecular flexibility index (Phi) is 5.36. The highest BCUT2D eigenvalue weighted by Crippen LogP contribution is 2.31. The highest BCUT2D eigenvalue weighted by molar-refractivity contribution is 6.36. The molecule has 0 aliphatic rings. The maximum Gasteiger partial charge on any atom is 0.181 e. The van der Waals surface area contributed by atoms with Crippen LogP contribution in [0.1, 0.15) is 44.4 Å². The maximum atomic E-state index is 6.37. The average Bonchev–Trinajstić information content (AvgIpc) is 2.93. The molecule has 3 rings (SSSR count). The zero-order chi connectivity index (χ0) is 17.1. The van der Waals surface area contributed by atoms with E-state index in [0.29, 0.717) is 10.0 Å². The van der Waals surface area contributed by atoms with E-state index in [1.54, 1.807) is 12.3 Å². The van der Waals surface area contributed by atoms with Gasteiger partial charge in [0.25, 0.3) is 0 Å². The van der Waals surface area contributed by atoms with E-state index in [-0.39, 0.29) is 0 Å². The Morgan fingerprint density at radius 1 is 1.12 bits per heavy atom. The minimum atomic E-state index is 0.581. The van der Waals surface area contributed by atoms with Crippen LogP contribution >= 0.6 is 23.2 Å². The second-order valence-electron chi connectivity index (χ2n) is 5.83. The van der Waals surface area contributed by atoms with E-state index in [1.807, 2.05) is 16.6 Å². The molecule has 0 bridgehead atoms. The summed E-state index contributed by atoms with van der Waals surface area (Å²) in [5.41, 5.74) is 4.79. The molecule has 126 valence electrons. The lowest BCUT2D eigenvalue weighted by atomic mass is 10.1. The molecule has 0 radical (unpaired) electrons. The first-order valence-corrected chi connectivity index (χ1v) is 9.08. The molecule has 0 saturated carbocycles. The van der Waals surface area contributed by atoms with Crippen LogP contribution in [0, 0.1) is 0 Å². The van der Waals surface area contributed by atoms with Crippen LogP contribution in [-0.4, -0.2) is 19.8 Å². The van der Waals surface area contributed by atoms with Crippen LogP contribution in [0.15, 0.2) is 24.4 Å². The van der Waals surface area contributed by atoms with Crippen molar-refractivity contribution in [2.24, 2.45) is 0 Å². The molecule has 6 heteroatoms. The van der Waals surface area contributed by atoms with Crippen molar-refractivity contribution in [1.82, 2.24) is 19.8 Å². The second kappa shape index (κ2) is 7.49. The first-order chi connectivity index (χ1) is 11.7. The van der Waals surface area contributed by atoms with Crippen LogP contribution in [0.25, 0.3) is 16.9 Å². The molecular weight excluding hydrogens is 343 g/mol. The van der Waals surface area contributed by atoms with Gasteiger partial charge in [-0.15, -0.1) is 5.10 Å². The van der Waals surface area contributed by atoms with Crippen molar-refractivity contribution in [3.8, 4) is 11.3 Å². The third-order valence-corrected chi connectivity index (χ3v) is 4.72. The lowest BCUT2D eigenvalue weighted by Crippen LogP contribution is -1.99. The van der Waals surface area contributed by atoms with Gasteiger partial charge in [0.1, 0.15) is 0 Å². The molecule has 2 heterocycles. The van der Waals surface area contributed by atoms with Crippen LogP contribution in [0.2, 0.25) is 10.0 Å². The van der Waals surface area contributed by atoms with Crippen molar-refractivity contribution in [3.05, 3.63) is 45.7 Å². The number of fused-ring (bicyclic) bond motifs is 1. The SMILES string of the molecule is CCCCCc1c(CC)nn2c(-c3ccc(Cl)cc3Cl)cnnc12. The highest BCUT2D eigenvalue weighted by Gasteiger charge is 2.17. The summed E-state index contributed by atoms with van der Waals surface area (Å²) in [5.74, 6) is 0. The van der Waals surface area contributed by atoms with E-state index >= 15 is 0 Å². The van der Waals surface area contributed by atoms with Gasteiger partial charge < -0.3 is 0 Å². The predicted octanol–water partition coefficient (Wildman–Crippen LogP) is 5.39. The second-order valence-corrected chi connectivity index (χ2v) is 6.67. The Morgan fingerprint density at radius 2 is 1.96 bits per heavy atom. The molecule has 0 unspecified atom stereocenters.